The Morgan fingerprint density at radius 3 is 2.65 bits per heavy atom. The van der Waals surface area contributed by atoms with Crippen LogP contribution < -0.4 is 10.6 Å². The van der Waals surface area contributed by atoms with E-state index < -0.39 is 0 Å². The van der Waals surface area contributed by atoms with Gasteiger partial charge in [0, 0.05) is 11.4 Å². The van der Waals surface area contributed by atoms with Gasteiger partial charge >= 0.3 is 0 Å². The summed E-state index contributed by atoms with van der Waals surface area (Å²) in [7, 11) is 0. The zero-order valence-electron chi connectivity index (χ0n) is 14.0. The van der Waals surface area contributed by atoms with Gasteiger partial charge in [-0.1, -0.05) is 12.1 Å². The summed E-state index contributed by atoms with van der Waals surface area (Å²) < 4.78 is 13.3. The first-order chi connectivity index (χ1) is 11.0. The van der Waals surface area contributed by atoms with Crippen LogP contribution in [0.2, 0.25) is 0 Å². The van der Waals surface area contributed by atoms with Gasteiger partial charge in [0.1, 0.15) is 5.82 Å². The summed E-state index contributed by atoms with van der Waals surface area (Å²) in [5, 5.41) is 7.62. The van der Waals surface area contributed by atoms with Crippen LogP contribution in [0.25, 0.3) is 0 Å². The number of halogens is 1. The van der Waals surface area contributed by atoms with Crippen molar-refractivity contribution in [1.82, 2.24) is 15.6 Å². The molecule has 1 aromatic carbocycles. The minimum absolute atomic E-state index is 0.182. The molecule has 2 N–H and O–H groups in total. The summed E-state index contributed by atoms with van der Waals surface area (Å²) in [5.74, 6) is 0.568. The van der Waals surface area contributed by atoms with Gasteiger partial charge in [-0.05, 0) is 44.9 Å². The number of hydrogen-bond donors (Lipinski definition) is 2. The van der Waals surface area contributed by atoms with E-state index >= 15 is 0 Å². The first kappa shape index (κ1) is 17.4. The van der Waals surface area contributed by atoms with Crippen molar-refractivity contribution in [2.45, 2.75) is 40.8 Å². The minimum atomic E-state index is -0.182. The molecule has 6 heteroatoms. The summed E-state index contributed by atoms with van der Waals surface area (Å²) in [6, 6.07) is 5.09. The van der Waals surface area contributed by atoms with Crippen molar-refractivity contribution < 1.29 is 4.39 Å². The molecular weight excluding hydrogens is 311 g/mol. The van der Waals surface area contributed by atoms with Gasteiger partial charge in [0.25, 0.3) is 0 Å². The number of aryl methyl sites for hydroxylation is 3. The smallest absolute Gasteiger partial charge is 0.191 e. The fourth-order valence-electron chi connectivity index (χ4n) is 2.22. The zero-order valence-corrected chi connectivity index (χ0v) is 14.9. The van der Waals surface area contributed by atoms with Crippen LogP contribution in [0.4, 0.5) is 4.39 Å². The van der Waals surface area contributed by atoms with E-state index in [-0.39, 0.29) is 5.82 Å². The standard InChI is InChI=1S/C17H23FN4S/c1-5-19-17(21-10-16-12(3)22-13(4)23-16)20-9-14-6-7-15(18)11(2)8-14/h6-8H,5,9-10H2,1-4H3,(H2,19,20,21). The summed E-state index contributed by atoms with van der Waals surface area (Å²) in [4.78, 5) is 10.2. The van der Waals surface area contributed by atoms with Gasteiger partial charge < -0.3 is 10.6 Å². The number of nitrogens with one attached hydrogen (secondary N) is 2. The molecule has 0 atom stereocenters. The molecule has 4 nitrogen and oxygen atoms in total. The van der Waals surface area contributed by atoms with E-state index in [1.165, 1.54) is 10.9 Å². The number of rotatable bonds is 5. The normalized spacial score (nSPS) is 11.6. The van der Waals surface area contributed by atoms with Gasteiger partial charge in [0.05, 0.1) is 23.8 Å². The molecule has 0 aliphatic heterocycles. The molecule has 0 amide bonds. The van der Waals surface area contributed by atoms with Crippen LogP contribution >= 0.6 is 11.3 Å². The Balaban J connectivity index is 2.01. The highest BCUT2D eigenvalue weighted by molar-refractivity contribution is 7.11. The van der Waals surface area contributed by atoms with E-state index in [2.05, 4.69) is 20.6 Å². The molecule has 124 valence electrons. The number of nitrogens with zero attached hydrogens (tertiary/aromatic N) is 2. The maximum absolute atomic E-state index is 13.3. The van der Waals surface area contributed by atoms with Crippen molar-refractivity contribution in [2.24, 2.45) is 4.99 Å². The van der Waals surface area contributed by atoms with E-state index in [4.69, 9.17) is 0 Å². The average molecular weight is 334 g/mol. The predicted octanol–water partition coefficient (Wildman–Crippen LogP) is 3.46. The third-order valence-electron chi connectivity index (χ3n) is 3.40. The van der Waals surface area contributed by atoms with Crippen molar-refractivity contribution in [1.29, 1.82) is 0 Å². The maximum Gasteiger partial charge on any atom is 0.191 e. The molecular formula is C17H23FN4S. The van der Waals surface area contributed by atoms with Crippen molar-refractivity contribution in [3.63, 3.8) is 0 Å². The Kier molecular flexibility index (Phi) is 6.10. The van der Waals surface area contributed by atoms with Crippen LogP contribution in [0.1, 0.15) is 33.6 Å². The first-order valence-electron chi connectivity index (χ1n) is 7.69. The second-order valence-corrected chi connectivity index (χ2v) is 6.66. The molecule has 0 spiro atoms. The number of guanidine groups is 1. The van der Waals surface area contributed by atoms with E-state index in [1.54, 1.807) is 24.3 Å². The number of hydrogen-bond acceptors (Lipinski definition) is 3. The van der Waals surface area contributed by atoms with Crippen LogP contribution in [0.3, 0.4) is 0 Å². The molecule has 0 saturated carbocycles. The summed E-state index contributed by atoms with van der Waals surface area (Å²) in [6.07, 6.45) is 0. The highest BCUT2D eigenvalue weighted by atomic mass is 32.1. The van der Waals surface area contributed by atoms with Crippen LogP contribution in [0, 0.1) is 26.6 Å². The van der Waals surface area contributed by atoms with Crippen LogP contribution in [-0.4, -0.2) is 17.5 Å². The average Bonchev–Trinajstić information content (AvgIpc) is 2.83. The lowest BCUT2D eigenvalue weighted by Gasteiger charge is -2.11. The Hall–Kier alpha value is -1.95. The van der Waals surface area contributed by atoms with Gasteiger partial charge in [0.2, 0.25) is 0 Å². The third-order valence-corrected chi connectivity index (χ3v) is 4.48. The number of benzene rings is 1. The molecule has 0 aliphatic carbocycles. The lowest BCUT2D eigenvalue weighted by molar-refractivity contribution is 0.617. The molecule has 0 aliphatic rings. The quantitative estimate of drug-likeness (QED) is 0.650. The lowest BCUT2D eigenvalue weighted by atomic mass is 10.1. The van der Waals surface area contributed by atoms with E-state index in [0.717, 1.165) is 28.8 Å². The highest BCUT2D eigenvalue weighted by Gasteiger charge is 2.06. The maximum atomic E-state index is 13.3. The Bertz CT molecular complexity index is 694. The molecule has 0 bridgehead atoms. The van der Waals surface area contributed by atoms with Gasteiger partial charge in [-0.2, -0.15) is 0 Å². The van der Waals surface area contributed by atoms with Crippen LogP contribution in [0.15, 0.2) is 23.2 Å². The van der Waals surface area contributed by atoms with Gasteiger partial charge in [-0.25, -0.2) is 14.4 Å². The number of aliphatic imine (C=N–C) groups is 1. The molecule has 0 unspecified atom stereocenters. The number of thiazole rings is 1. The van der Waals surface area contributed by atoms with Crippen LogP contribution in [-0.2, 0) is 13.1 Å². The molecule has 1 heterocycles. The van der Waals surface area contributed by atoms with Gasteiger partial charge in [-0.3, -0.25) is 0 Å². The van der Waals surface area contributed by atoms with E-state index in [0.29, 0.717) is 18.7 Å². The lowest BCUT2D eigenvalue weighted by Crippen LogP contribution is -2.36. The fourth-order valence-corrected chi connectivity index (χ4v) is 3.10. The predicted molar refractivity (Wildman–Crippen MR) is 94.4 cm³/mol. The Labute approximate surface area is 140 Å². The molecule has 0 saturated heterocycles. The monoisotopic (exact) mass is 334 g/mol. The number of aromatic nitrogens is 1. The van der Waals surface area contributed by atoms with Gasteiger partial charge in [0.15, 0.2) is 5.96 Å². The second-order valence-electron chi connectivity index (χ2n) is 5.37. The van der Waals surface area contributed by atoms with Crippen LogP contribution in [0.5, 0.6) is 0 Å². The molecule has 23 heavy (non-hydrogen) atoms. The van der Waals surface area contributed by atoms with E-state index in [1.807, 2.05) is 26.8 Å². The largest absolute Gasteiger partial charge is 0.357 e. The minimum Gasteiger partial charge on any atom is -0.357 e. The molecule has 2 rings (SSSR count). The highest BCUT2D eigenvalue weighted by Crippen LogP contribution is 2.16. The molecule has 0 radical (unpaired) electrons. The zero-order chi connectivity index (χ0) is 16.8. The summed E-state index contributed by atoms with van der Waals surface area (Å²) in [6.45, 7) is 9.82. The third kappa shape index (κ3) is 5.03. The topological polar surface area (TPSA) is 49.3 Å². The Morgan fingerprint density at radius 2 is 2.04 bits per heavy atom. The fraction of sp³-hybridized carbons (Fsp3) is 0.412. The summed E-state index contributed by atoms with van der Waals surface area (Å²) >= 11 is 1.69. The van der Waals surface area contributed by atoms with Crippen molar-refractivity contribution in [3.8, 4) is 0 Å². The van der Waals surface area contributed by atoms with Crippen molar-refractivity contribution in [3.05, 3.63) is 50.7 Å². The van der Waals surface area contributed by atoms with Crippen molar-refractivity contribution in [2.75, 3.05) is 6.54 Å². The Morgan fingerprint density at radius 1 is 1.26 bits per heavy atom. The van der Waals surface area contributed by atoms with Crippen molar-refractivity contribution >= 4 is 17.3 Å². The molecule has 0 fully saturated rings. The molecule has 1 aromatic heterocycles. The SMILES string of the molecule is CCNC(=NCc1ccc(F)c(C)c1)NCc1sc(C)nc1C. The second kappa shape index (κ2) is 8.06. The first-order valence-corrected chi connectivity index (χ1v) is 8.51. The molecule has 2 aromatic rings. The summed E-state index contributed by atoms with van der Waals surface area (Å²) in [5.41, 5.74) is 2.70. The van der Waals surface area contributed by atoms with Gasteiger partial charge in [-0.15, -0.1) is 11.3 Å². The van der Waals surface area contributed by atoms with E-state index in [9.17, 15) is 4.39 Å².